The first-order chi connectivity index (χ1) is 14.5. The van der Waals surface area contributed by atoms with Gasteiger partial charge in [0.05, 0.1) is 5.69 Å². The van der Waals surface area contributed by atoms with E-state index in [1.165, 1.54) is 5.56 Å². The molecule has 0 saturated carbocycles. The van der Waals surface area contributed by atoms with Gasteiger partial charge in [0, 0.05) is 29.9 Å². The van der Waals surface area contributed by atoms with Crippen LogP contribution in [0, 0.1) is 6.92 Å². The van der Waals surface area contributed by atoms with E-state index in [0.29, 0.717) is 12.2 Å². The summed E-state index contributed by atoms with van der Waals surface area (Å²) in [6, 6.07) is 10.2. The van der Waals surface area contributed by atoms with E-state index in [2.05, 4.69) is 27.2 Å². The first-order valence-electron chi connectivity index (χ1n) is 10.5. The molecule has 1 atom stereocenters. The SMILES string of the molecule is CC.CC[C@H](NCCCN=C(N)N)c1ccc(-n2cc3cc(C)[nH]c3nc2=O)cc1. The Morgan fingerprint density at radius 2 is 1.97 bits per heavy atom. The fraction of sp³-hybridized carbons (Fsp3) is 0.409. The summed E-state index contributed by atoms with van der Waals surface area (Å²) in [5.41, 5.74) is 13.9. The molecule has 0 unspecified atom stereocenters. The Morgan fingerprint density at radius 3 is 2.60 bits per heavy atom. The van der Waals surface area contributed by atoms with Gasteiger partial charge in [-0.25, -0.2) is 4.79 Å². The lowest BCUT2D eigenvalue weighted by Crippen LogP contribution is -2.25. The fourth-order valence-corrected chi connectivity index (χ4v) is 3.24. The Hall–Kier alpha value is -3.13. The summed E-state index contributed by atoms with van der Waals surface area (Å²) >= 11 is 0. The van der Waals surface area contributed by atoms with Gasteiger partial charge in [0.15, 0.2) is 5.96 Å². The second kappa shape index (κ2) is 11.2. The highest BCUT2D eigenvalue weighted by Crippen LogP contribution is 2.19. The standard InChI is InChI=1S/C20H27N7O.C2H6/c1-3-17(23-9-4-10-24-19(21)22)14-5-7-16(8-6-14)27-12-15-11-13(2)25-18(15)26-20(27)28;1-2/h5-8,11-12,17,23H,3-4,9-10H2,1-2H3,(H4,21,22,24)(H,25,26,28);1-2H3/t17-;/m0./s1. The van der Waals surface area contributed by atoms with Crippen molar-refractivity contribution in [2.45, 2.75) is 46.6 Å². The van der Waals surface area contributed by atoms with E-state index < -0.39 is 0 Å². The predicted molar refractivity (Wildman–Crippen MR) is 124 cm³/mol. The molecule has 3 rings (SSSR count). The van der Waals surface area contributed by atoms with Crippen LogP contribution in [0.5, 0.6) is 0 Å². The maximum atomic E-state index is 12.4. The van der Waals surface area contributed by atoms with Crippen LogP contribution in [-0.2, 0) is 0 Å². The van der Waals surface area contributed by atoms with Gasteiger partial charge in [-0.3, -0.25) is 9.56 Å². The van der Waals surface area contributed by atoms with Crippen molar-refractivity contribution in [2.24, 2.45) is 16.5 Å². The molecule has 0 saturated heterocycles. The molecule has 0 radical (unpaired) electrons. The van der Waals surface area contributed by atoms with Gasteiger partial charge < -0.3 is 21.8 Å². The van der Waals surface area contributed by atoms with Crippen molar-refractivity contribution in [3.05, 3.63) is 58.3 Å². The smallest absolute Gasteiger partial charge is 0.354 e. The summed E-state index contributed by atoms with van der Waals surface area (Å²) in [6.45, 7) is 9.52. The third-order valence-corrected chi connectivity index (χ3v) is 4.64. The first-order valence-corrected chi connectivity index (χ1v) is 10.5. The van der Waals surface area contributed by atoms with Gasteiger partial charge in [-0.05, 0) is 50.1 Å². The topological polar surface area (TPSA) is 127 Å². The summed E-state index contributed by atoms with van der Waals surface area (Å²) in [4.78, 5) is 23.6. The Bertz CT molecular complexity index is 1010. The number of rotatable bonds is 8. The summed E-state index contributed by atoms with van der Waals surface area (Å²) in [5.74, 6) is 0.125. The van der Waals surface area contributed by atoms with Crippen molar-refractivity contribution in [1.82, 2.24) is 19.9 Å². The predicted octanol–water partition coefficient (Wildman–Crippen LogP) is 2.75. The third kappa shape index (κ3) is 5.93. The maximum absolute atomic E-state index is 12.4. The molecule has 3 aromatic rings. The van der Waals surface area contributed by atoms with Gasteiger partial charge in [0.1, 0.15) is 5.65 Å². The lowest BCUT2D eigenvalue weighted by molar-refractivity contribution is 0.513. The van der Waals surface area contributed by atoms with Crippen molar-refractivity contribution in [3.63, 3.8) is 0 Å². The van der Waals surface area contributed by atoms with Gasteiger partial charge >= 0.3 is 5.69 Å². The van der Waals surface area contributed by atoms with E-state index in [1.807, 2.05) is 57.3 Å². The van der Waals surface area contributed by atoms with Crippen molar-refractivity contribution < 1.29 is 0 Å². The fourth-order valence-electron chi connectivity index (χ4n) is 3.24. The molecule has 0 fully saturated rings. The van der Waals surface area contributed by atoms with E-state index in [1.54, 1.807) is 4.57 Å². The highest BCUT2D eigenvalue weighted by Gasteiger charge is 2.10. The van der Waals surface area contributed by atoms with Gasteiger partial charge in [0.25, 0.3) is 0 Å². The average molecular weight is 412 g/mol. The molecule has 2 aromatic heterocycles. The molecule has 6 N–H and O–H groups in total. The zero-order chi connectivity index (χ0) is 22.1. The number of guanidine groups is 1. The monoisotopic (exact) mass is 411 g/mol. The number of aliphatic imine (C=N–C) groups is 1. The van der Waals surface area contributed by atoms with Crippen LogP contribution in [0.25, 0.3) is 16.7 Å². The van der Waals surface area contributed by atoms with Crippen LogP contribution < -0.4 is 22.5 Å². The van der Waals surface area contributed by atoms with Crippen molar-refractivity contribution in [1.29, 1.82) is 0 Å². The molecular formula is C22H33N7O. The Morgan fingerprint density at radius 1 is 1.27 bits per heavy atom. The molecule has 8 heteroatoms. The molecule has 0 bridgehead atoms. The minimum absolute atomic E-state index is 0.125. The third-order valence-electron chi connectivity index (χ3n) is 4.64. The van der Waals surface area contributed by atoms with E-state index >= 15 is 0 Å². The average Bonchev–Trinajstić information content (AvgIpc) is 3.10. The number of aromatic nitrogens is 3. The number of hydrogen-bond donors (Lipinski definition) is 4. The number of benzene rings is 1. The molecule has 0 amide bonds. The van der Waals surface area contributed by atoms with Crippen LogP contribution in [0.4, 0.5) is 0 Å². The molecule has 162 valence electrons. The minimum Gasteiger partial charge on any atom is -0.370 e. The summed E-state index contributed by atoms with van der Waals surface area (Å²) < 4.78 is 1.57. The van der Waals surface area contributed by atoms with E-state index in [9.17, 15) is 4.79 Å². The van der Waals surface area contributed by atoms with Crippen LogP contribution in [0.3, 0.4) is 0 Å². The normalized spacial score (nSPS) is 11.6. The number of nitrogens with one attached hydrogen (secondary N) is 2. The summed E-state index contributed by atoms with van der Waals surface area (Å²) in [5, 5.41) is 4.43. The Kier molecular flexibility index (Phi) is 8.61. The van der Waals surface area contributed by atoms with E-state index in [-0.39, 0.29) is 17.7 Å². The molecule has 0 spiro atoms. The molecule has 2 heterocycles. The van der Waals surface area contributed by atoms with Gasteiger partial charge in [-0.1, -0.05) is 32.9 Å². The van der Waals surface area contributed by atoms with Gasteiger partial charge in [0.2, 0.25) is 0 Å². The number of H-pyrrole nitrogens is 1. The highest BCUT2D eigenvalue weighted by molar-refractivity contribution is 5.76. The number of hydrogen-bond acceptors (Lipinski definition) is 4. The highest BCUT2D eigenvalue weighted by atomic mass is 16.1. The summed E-state index contributed by atoms with van der Waals surface area (Å²) in [6.07, 6.45) is 3.64. The molecule has 8 nitrogen and oxygen atoms in total. The zero-order valence-electron chi connectivity index (χ0n) is 18.3. The number of aryl methyl sites for hydroxylation is 1. The molecule has 30 heavy (non-hydrogen) atoms. The number of nitrogens with zero attached hydrogens (tertiary/aromatic N) is 3. The second-order valence-corrected chi connectivity index (χ2v) is 6.82. The van der Waals surface area contributed by atoms with Crippen molar-refractivity contribution >= 4 is 17.0 Å². The second-order valence-electron chi connectivity index (χ2n) is 6.82. The number of nitrogens with two attached hydrogens (primary N) is 2. The lowest BCUT2D eigenvalue weighted by atomic mass is 10.0. The largest absolute Gasteiger partial charge is 0.370 e. The van der Waals surface area contributed by atoms with Gasteiger partial charge in [-0.15, -0.1) is 0 Å². The molecule has 0 aliphatic rings. The Labute approximate surface area is 177 Å². The van der Waals surface area contributed by atoms with E-state index in [4.69, 9.17) is 11.5 Å². The zero-order valence-corrected chi connectivity index (χ0v) is 18.3. The van der Waals surface area contributed by atoms with Crippen LogP contribution in [0.2, 0.25) is 0 Å². The molecule has 1 aromatic carbocycles. The maximum Gasteiger partial charge on any atom is 0.354 e. The van der Waals surface area contributed by atoms with E-state index in [0.717, 1.165) is 36.2 Å². The number of fused-ring (bicyclic) bond motifs is 1. The van der Waals surface area contributed by atoms with Crippen LogP contribution in [-0.4, -0.2) is 33.6 Å². The van der Waals surface area contributed by atoms with Crippen molar-refractivity contribution in [2.75, 3.05) is 13.1 Å². The van der Waals surface area contributed by atoms with Crippen LogP contribution >= 0.6 is 0 Å². The van der Waals surface area contributed by atoms with Crippen LogP contribution in [0.15, 0.2) is 46.3 Å². The Balaban J connectivity index is 0.00000155. The molecular weight excluding hydrogens is 378 g/mol. The minimum atomic E-state index is -0.299. The van der Waals surface area contributed by atoms with Crippen molar-refractivity contribution in [3.8, 4) is 5.69 Å². The molecule has 0 aliphatic heterocycles. The number of aromatic amines is 1. The van der Waals surface area contributed by atoms with Crippen LogP contribution in [0.1, 0.15) is 50.9 Å². The quantitative estimate of drug-likeness (QED) is 0.257. The summed E-state index contributed by atoms with van der Waals surface area (Å²) in [7, 11) is 0. The lowest BCUT2D eigenvalue weighted by Gasteiger charge is -2.18. The molecule has 0 aliphatic carbocycles. The first kappa shape index (κ1) is 23.2. The van der Waals surface area contributed by atoms with Gasteiger partial charge in [-0.2, -0.15) is 4.98 Å².